The number of benzene rings is 2. The highest BCUT2D eigenvalue weighted by Gasteiger charge is 2.34. The topological polar surface area (TPSA) is 51.5 Å². The van der Waals surface area contributed by atoms with Crippen LogP contribution in [0.3, 0.4) is 0 Å². The number of thioether (sulfide) groups is 1. The number of rotatable bonds is 5. The lowest BCUT2D eigenvalue weighted by Crippen LogP contribution is -2.31. The van der Waals surface area contributed by atoms with Crippen molar-refractivity contribution >= 4 is 39.8 Å². The number of nitrogens with zero attached hydrogens (tertiary/aromatic N) is 2. The van der Waals surface area contributed by atoms with E-state index in [2.05, 4.69) is 34.9 Å². The van der Waals surface area contributed by atoms with Gasteiger partial charge in [-0.05, 0) is 66.2 Å². The first kappa shape index (κ1) is 19.5. The summed E-state index contributed by atoms with van der Waals surface area (Å²) < 4.78 is 7.17. The molecule has 29 heavy (non-hydrogen) atoms. The fraction of sp³-hybridized carbons (Fsp3) is 0.217. The third-order valence-electron chi connectivity index (χ3n) is 5.14. The van der Waals surface area contributed by atoms with Crippen LogP contribution in [-0.4, -0.2) is 40.9 Å². The van der Waals surface area contributed by atoms with Crippen LogP contribution in [0.5, 0.6) is 0 Å². The number of fused-ring (bicyclic) bond motifs is 1. The highest BCUT2D eigenvalue weighted by Crippen LogP contribution is 2.33. The Bertz CT molecular complexity index is 1150. The molecule has 148 valence electrons. The first-order chi connectivity index (χ1) is 14.0. The number of methoxy groups -OCH3 is 1. The molecule has 1 aromatic heterocycles. The minimum absolute atomic E-state index is 0.248. The lowest BCUT2D eigenvalue weighted by Gasteiger charge is -2.11. The van der Waals surface area contributed by atoms with Crippen molar-refractivity contribution < 1.29 is 14.3 Å². The Morgan fingerprint density at radius 3 is 2.55 bits per heavy atom. The second kappa shape index (κ2) is 7.89. The maximum absolute atomic E-state index is 12.6. The maximum atomic E-state index is 12.6. The van der Waals surface area contributed by atoms with Gasteiger partial charge >= 0.3 is 0 Å². The van der Waals surface area contributed by atoms with Crippen LogP contribution in [0.25, 0.3) is 22.5 Å². The molecule has 3 aromatic rings. The molecule has 2 amide bonds. The zero-order valence-electron chi connectivity index (χ0n) is 16.6. The van der Waals surface area contributed by atoms with Gasteiger partial charge in [0.05, 0.1) is 18.1 Å². The molecule has 4 rings (SSSR count). The second-order valence-electron chi connectivity index (χ2n) is 7.02. The van der Waals surface area contributed by atoms with E-state index in [0.717, 1.165) is 34.4 Å². The fourth-order valence-corrected chi connectivity index (χ4v) is 4.52. The maximum Gasteiger partial charge on any atom is 0.293 e. The largest absolute Gasteiger partial charge is 0.383 e. The van der Waals surface area contributed by atoms with Crippen LogP contribution in [-0.2, 0) is 9.53 Å². The summed E-state index contributed by atoms with van der Waals surface area (Å²) >= 11 is 0.982. The minimum atomic E-state index is -0.257. The number of imide groups is 1. The van der Waals surface area contributed by atoms with Gasteiger partial charge < -0.3 is 9.30 Å². The number of carbonyl (C=O) groups is 2. The third-order valence-corrected chi connectivity index (χ3v) is 6.05. The Kier molecular flexibility index (Phi) is 5.30. The Hall–Kier alpha value is -2.83. The number of aryl methyl sites for hydroxylation is 1. The predicted octanol–water partition coefficient (Wildman–Crippen LogP) is 4.93. The van der Waals surface area contributed by atoms with Gasteiger partial charge in [0.25, 0.3) is 11.1 Å². The van der Waals surface area contributed by atoms with Gasteiger partial charge in [-0.1, -0.05) is 30.3 Å². The zero-order valence-corrected chi connectivity index (χ0v) is 17.5. The third kappa shape index (κ3) is 3.61. The molecule has 1 saturated heterocycles. The molecule has 6 heteroatoms. The van der Waals surface area contributed by atoms with Crippen LogP contribution in [0, 0.1) is 13.8 Å². The highest BCUT2D eigenvalue weighted by atomic mass is 32.2. The summed E-state index contributed by atoms with van der Waals surface area (Å²) in [6.07, 6.45) is 1.82. The molecule has 0 saturated carbocycles. The minimum Gasteiger partial charge on any atom is -0.383 e. The average molecular weight is 407 g/mol. The van der Waals surface area contributed by atoms with E-state index < -0.39 is 0 Å². The van der Waals surface area contributed by atoms with Gasteiger partial charge in [0, 0.05) is 24.2 Å². The van der Waals surface area contributed by atoms with Crippen LogP contribution in [0.4, 0.5) is 4.79 Å². The Labute approximate surface area is 173 Å². The Morgan fingerprint density at radius 1 is 1.03 bits per heavy atom. The molecule has 0 unspecified atom stereocenters. The van der Waals surface area contributed by atoms with Crippen molar-refractivity contribution in [3.63, 3.8) is 0 Å². The molecular formula is C23H22N2O3S. The van der Waals surface area contributed by atoms with Crippen LogP contribution in [0.1, 0.15) is 17.0 Å². The molecule has 0 atom stereocenters. The normalized spacial score (nSPS) is 15.8. The number of hydrogen-bond acceptors (Lipinski definition) is 4. The van der Waals surface area contributed by atoms with Gasteiger partial charge in [-0.25, -0.2) is 0 Å². The molecule has 2 aromatic carbocycles. The van der Waals surface area contributed by atoms with E-state index in [9.17, 15) is 9.59 Å². The Balaban J connectivity index is 1.69. The monoisotopic (exact) mass is 406 g/mol. The van der Waals surface area contributed by atoms with Gasteiger partial charge in [0.2, 0.25) is 0 Å². The smallest absolute Gasteiger partial charge is 0.293 e. The fourth-order valence-electron chi connectivity index (χ4n) is 3.66. The number of ether oxygens (including phenoxy) is 1. The summed E-state index contributed by atoms with van der Waals surface area (Å²) in [7, 11) is 1.55. The molecule has 2 heterocycles. The van der Waals surface area contributed by atoms with Crippen molar-refractivity contribution in [2.75, 3.05) is 20.3 Å². The quantitative estimate of drug-likeness (QED) is 0.564. The number of carbonyl (C=O) groups excluding carboxylic acids is 2. The summed E-state index contributed by atoms with van der Waals surface area (Å²) in [6, 6.07) is 16.7. The predicted molar refractivity (Wildman–Crippen MR) is 117 cm³/mol. The van der Waals surface area contributed by atoms with E-state index >= 15 is 0 Å². The van der Waals surface area contributed by atoms with Crippen molar-refractivity contribution in [3.05, 3.63) is 70.4 Å². The first-order valence-corrected chi connectivity index (χ1v) is 10.2. The lowest BCUT2D eigenvalue weighted by atomic mass is 10.1. The van der Waals surface area contributed by atoms with Gasteiger partial charge in [-0.15, -0.1) is 0 Å². The highest BCUT2D eigenvalue weighted by molar-refractivity contribution is 8.18. The Morgan fingerprint density at radius 2 is 1.79 bits per heavy atom. The number of aromatic nitrogens is 1. The van der Waals surface area contributed by atoms with Crippen molar-refractivity contribution in [1.82, 2.24) is 9.47 Å². The summed E-state index contributed by atoms with van der Waals surface area (Å²) in [5, 5.41) is 2.13. The molecular weight excluding hydrogens is 384 g/mol. The molecule has 0 spiro atoms. The molecule has 5 nitrogen and oxygen atoms in total. The summed E-state index contributed by atoms with van der Waals surface area (Å²) in [6.45, 7) is 4.68. The molecule has 0 aliphatic carbocycles. The van der Waals surface area contributed by atoms with Gasteiger partial charge in [0.15, 0.2) is 0 Å². The van der Waals surface area contributed by atoms with Gasteiger partial charge in [0.1, 0.15) is 0 Å². The van der Waals surface area contributed by atoms with E-state index in [-0.39, 0.29) is 17.7 Å². The standard InChI is InChI=1S/C23H22N2O3S/c1-15-12-19(14-21-22(26)24(10-11-28-3)23(27)29-21)16(2)25(15)20-9-8-17-6-4-5-7-18(17)13-20/h4-9,12-14H,10-11H2,1-3H3/b21-14+. The van der Waals surface area contributed by atoms with E-state index in [0.29, 0.717) is 11.5 Å². The lowest BCUT2D eigenvalue weighted by molar-refractivity contribution is -0.123. The van der Waals surface area contributed by atoms with Crippen molar-refractivity contribution in [2.24, 2.45) is 0 Å². The van der Waals surface area contributed by atoms with Crippen LogP contribution in [0.15, 0.2) is 53.4 Å². The van der Waals surface area contributed by atoms with Gasteiger partial charge in [-0.2, -0.15) is 0 Å². The number of amides is 2. The SMILES string of the molecule is COCCN1C(=O)S/C(=C/c2cc(C)n(-c3ccc4ccccc4c3)c2C)C1=O. The van der Waals surface area contributed by atoms with Crippen LogP contribution >= 0.6 is 11.8 Å². The number of hydrogen-bond donors (Lipinski definition) is 0. The zero-order chi connectivity index (χ0) is 20.5. The van der Waals surface area contributed by atoms with E-state index in [1.807, 2.05) is 38.1 Å². The van der Waals surface area contributed by atoms with E-state index in [4.69, 9.17) is 4.74 Å². The summed E-state index contributed by atoms with van der Waals surface area (Å²) in [5.74, 6) is -0.257. The molecule has 0 bridgehead atoms. The van der Waals surface area contributed by atoms with Crippen molar-refractivity contribution in [1.29, 1.82) is 0 Å². The molecule has 1 aliphatic heterocycles. The summed E-state index contributed by atoms with van der Waals surface area (Å²) in [4.78, 5) is 26.4. The van der Waals surface area contributed by atoms with Crippen molar-refractivity contribution in [2.45, 2.75) is 13.8 Å². The van der Waals surface area contributed by atoms with Crippen LogP contribution < -0.4 is 0 Å². The molecule has 1 fully saturated rings. The van der Waals surface area contributed by atoms with E-state index in [1.165, 1.54) is 15.7 Å². The van der Waals surface area contributed by atoms with Crippen LogP contribution in [0.2, 0.25) is 0 Å². The molecule has 0 radical (unpaired) electrons. The van der Waals surface area contributed by atoms with Gasteiger partial charge in [-0.3, -0.25) is 14.5 Å². The van der Waals surface area contributed by atoms with E-state index in [1.54, 1.807) is 7.11 Å². The molecule has 1 aliphatic rings. The first-order valence-electron chi connectivity index (χ1n) is 9.42. The summed E-state index contributed by atoms with van der Waals surface area (Å²) in [5.41, 5.74) is 4.11. The average Bonchev–Trinajstić information content (AvgIpc) is 3.14. The second-order valence-corrected chi connectivity index (χ2v) is 8.01. The molecule has 0 N–H and O–H groups in total. The van der Waals surface area contributed by atoms with Crippen molar-refractivity contribution in [3.8, 4) is 5.69 Å².